The molecule has 1 aromatic rings. The van der Waals surface area contributed by atoms with Gasteiger partial charge in [-0.05, 0) is 32.3 Å². The Labute approximate surface area is 126 Å². The number of phenolic OH excluding ortho intramolecular Hbond substituents is 1. The minimum atomic E-state index is -3.50. The molecule has 0 aliphatic carbocycles. The van der Waals surface area contributed by atoms with Gasteiger partial charge in [0.05, 0.1) is 4.90 Å². The van der Waals surface area contributed by atoms with Gasteiger partial charge in [0.15, 0.2) is 0 Å². The Hall–Kier alpha value is -1.15. The summed E-state index contributed by atoms with van der Waals surface area (Å²) < 4.78 is 26.5. The fourth-order valence-corrected chi connectivity index (χ4v) is 3.79. The Balaban J connectivity index is 1.98. The summed E-state index contributed by atoms with van der Waals surface area (Å²) in [6.07, 6.45) is 0. The van der Waals surface area contributed by atoms with E-state index in [0.717, 1.165) is 26.2 Å². The van der Waals surface area contributed by atoms with Gasteiger partial charge in [-0.3, -0.25) is 4.90 Å². The Bertz CT molecular complexity index is 567. The molecule has 1 N–H and O–H groups in total. The molecule has 0 radical (unpaired) electrons. The van der Waals surface area contributed by atoms with E-state index in [1.54, 1.807) is 6.07 Å². The van der Waals surface area contributed by atoms with Crippen LogP contribution in [0, 0.1) is 0 Å². The van der Waals surface area contributed by atoms with Crippen LogP contribution in [0.15, 0.2) is 29.2 Å². The van der Waals surface area contributed by atoms with Gasteiger partial charge in [-0.2, -0.15) is 4.31 Å². The molecule has 0 unspecified atom stereocenters. The van der Waals surface area contributed by atoms with Crippen LogP contribution in [0.4, 0.5) is 0 Å². The summed E-state index contributed by atoms with van der Waals surface area (Å²) in [4.78, 5) is 4.55. The highest BCUT2D eigenvalue weighted by molar-refractivity contribution is 7.89. The van der Waals surface area contributed by atoms with Gasteiger partial charge in [-0.15, -0.1) is 0 Å². The van der Waals surface area contributed by atoms with Gasteiger partial charge in [0.1, 0.15) is 5.75 Å². The van der Waals surface area contributed by atoms with Gasteiger partial charge in [-0.25, -0.2) is 8.42 Å². The number of hydrogen-bond donors (Lipinski definition) is 1. The standard InChI is InChI=1S/C14H23N3O3S/c1-15(2)6-7-16-8-10-17(11-9-16)21(19,20)14-5-3-4-13(18)12-14/h3-5,12,18H,6-11H2,1-2H3. The van der Waals surface area contributed by atoms with Crippen LogP contribution in [0.2, 0.25) is 0 Å². The van der Waals surface area contributed by atoms with Gasteiger partial charge in [0.2, 0.25) is 10.0 Å². The van der Waals surface area contributed by atoms with Crippen LogP contribution in [0.5, 0.6) is 5.75 Å². The van der Waals surface area contributed by atoms with Crippen LogP contribution < -0.4 is 0 Å². The molecule has 1 saturated heterocycles. The second-order valence-electron chi connectivity index (χ2n) is 5.55. The van der Waals surface area contributed by atoms with Crippen molar-refractivity contribution in [3.05, 3.63) is 24.3 Å². The molecule has 21 heavy (non-hydrogen) atoms. The summed E-state index contributed by atoms with van der Waals surface area (Å²) in [6, 6.07) is 5.84. The molecule has 2 rings (SSSR count). The summed E-state index contributed by atoms with van der Waals surface area (Å²) >= 11 is 0. The second-order valence-corrected chi connectivity index (χ2v) is 7.48. The lowest BCUT2D eigenvalue weighted by atomic mass is 10.3. The summed E-state index contributed by atoms with van der Waals surface area (Å²) in [5, 5.41) is 9.44. The van der Waals surface area contributed by atoms with Crippen molar-refractivity contribution in [1.82, 2.24) is 14.1 Å². The average Bonchev–Trinajstić information content (AvgIpc) is 2.45. The maximum Gasteiger partial charge on any atom is 0.243 e. The third-order valence-electron chi connectivity index (χ3n) is 3.65. The molecule has 1 aliphatic heterocycles. The number of aromatic hydroxyl groups is 1. The maximum absolute atomic E-state index is 12.5. The van der Waals surface area contributed by atoms with Crippen LogP contribution in [0.3, 0.4) is 0 Å². The van der Waals surface area contributed by atoms with E-state index >= 15 is 0 Å². The normalized spacial score (nSPS) is 18.2. The van der Waals surface area contributed by atoms with Crippen LogP contribution in [0.1, 0.15) is 0 Å². The zero-order chi connectivity index (χ0) is 15.5. The van der Waals surface area contributed by atoms with E-state index in [9.17, 15) is 13.5 Å². The van der Waals surface area contributed by atoms with Crippen LogP contribution in [-0.2, 0) is 10.0 Å². The van der Waals surface area contributed by atoms with Crippen molar-refractivity contribution < 1.29 is 13.5 Å². The second kappa shape index (κ2) is 6.74. The summed E-state index contributed by atoms with van der Waals surface area (Å²) in [5.74, 6) is -0.0271. The number of rotatable bonds is 5. The monoisotopic (exact) mass is 313 g/mol. The molecule has 0 spiro atoms. The number of piperazine rings is 1. The van der Waals surface area contributed by atoms with E-state index in [2.05, 4.69) is 9.80 Å². The lowest BCUT2D eigenvalue weighted by Crippen LogP contribution is -2.49. The number of hydrogen-bond acceptors (Lipinski definition) is 5. The molecule has 0 bridgehead atoms. The number of phenols is 1. The molecule has 1 heterocycles. The van der Waals surface area contributed by atoms with Crippen LogP contribution in [-0.4, -0.2) is 81.0 Å². The fourth-order valence-electron chi connectivity index (χ4n) is 2.33. The highest BCUT2D eigenvalue weighted by Crippen LogP contribution is 2.21. The number of benzene rings is 1. The van der Waals surface area contributed by atoms with Crippen molar-refractivity contribution in [2.24, 2.45) is 0 Å². The average molecular weight is 313 g/mol. The van der Waals surface area contributed by atoms with Crippen molar-refractivity contribution in [2.75, 3.05) is 53.4 Å². The molecule has 0 amide bonds. The van der Waals surface area contributed by atoms with E-state index in [0.29, 0.717) is 13.1 Å². The molecular weight excluding hydrogens is 290 g/mol. The lowest BCUT2D eigenvalue weighted by molar-refractivity contribution is 0.174. The maximum atomic E-state index is 12.5. The Morgan fingerprint density at radius 2 is 1.86 bits per heavy atom. The van der Waals surface area contributed by atoms with Crippen LogP contribution in [0.25, 0.3) is 0 Å². The largest absolute Gasteiger partial charge is 0.508 e. The van der Waals surface area contributed by atoms with Gasteiger partial charge < -0.3 is 10.0 Å². The van der Waals surface area contributed by atoms with Gasteiger partial charge in [0, 0.05) is 39.3 Å². The fraction of sp³-hybridized carbons (Fsp3) is 0.571. The molecule has 118 valence electrons. The summed E-state index contributed by atoms with van der Waals surface area (Å²) in [7, 11) is 0.558. The first-order valence-corrected chi connectivity index (χ1v) is 8.50. The van der Waals surface area contributed by atoms with Gasteiger partial charge in [0.25, 0.3) is 0 Å². The minimum Gasteiger partial charge on any atom is -0.508 e. The molecule has 0 saturated carbocycles. The molecule has 0 atom stereocenters. The van der Waals surface area contributed by atoms with E-state index < -0.39 is 10.0 Å². The summed E-state index contributed by atoms with van der Waals surface area (Å²) in [5.41, 5.74) is 0. The van der Waals surface area contributed by atoms with Crippen LogP contribution >= 0.6 is 0 Å². The Morgan fingerprint density at radius 1 is 1.19 bits per heavy atom. The van der Waals surface area contributed by atoms with E-state index in [1.807, 2.05) is 14.1 Å². The first-order valence-electron chi connectivity index (χ1n) is 7.06. The molecular formula is C14H23N3O3S. The van der Waals surface area contributed by atoms with E-state index in [1.165, 1.54) is 22.5 Å². The first-order chi connectivity index (χ1) is 9.89. The van der Waals surface area contributed by atoms with Gasteiger partial charge in [-0.1, -0.05) is 6.07 Å². The first kappa shape index (κ1) is 16.2. The summed E-state index contributed by atoms with van der Waals surface area (Å²) in [6.45, 7) is 4.39. The number of nitrogens with zero attached hydrogens (tertiary/aromatic N) is 3. The predicted octanol–water partition coefficient (Wildman–Crippen LogP) is 0.260. The molecule has 7 heteroatoms. The quantitative estimate of drug-likeness (QED) is 0.845. The number of sulfonamides is 1. The topological polar surface area (TPSA) is 64.1 Å². The molecule has 1 fully saturated rings. The highest BCUT2D eigenvalue weighted by atomic mass is 32.2. The van der Waals surface area contributed by atoms with E-state index in [4.69, 9.17) is 0 Å². The Morgan fingerprint density at radius 3 is 2.43 bits per heavy atom. The molecule has 6 nitrogen and oxygen atoms in total. The Kier molecular flexibility index (Phi) is 5.21. The van der Waals surface area contributed by atoms with E-state index in [-0.39, 0.29) is 10.6 Å². The SMILES string of the molecule is CN(C)CCN1CCN(S(=O)(=O)c2cccc(O)c2)CC1. The van der Waals surface area contributed by atoms with Gasteiger partial charge >= 0.3 is 0 Å². The van der Waals surface area contributed by atoms with Crippen molar-refractivity contribution in [3.8, 4) is 5.75 Å². The highest BCUT2D eigenvalue weighted by Gasteiger charge is 2.28. The zero-order valence-corrected chi connectivity index (χ0v) is 13.4. The molecule has 1 aliphatic rings. The van der Waals surface area contributed by atoms with Crippen molar-refractivity contribution in [2.45, 2.75) is 4.90 Å². The third-order valence-corrected chi connectivity index (χ3v) is 5.54. The third kappa shape index (κ3) is 4.16. The lowest BCUT2D eigenvalue weighted by Gasteiger charge is -2.34. The smallest absolute Gasteiger partial charge is 0.243 e. The minimum absolute atomic E-state index is 0.0271. The van der Waals surface area contributed by atoms with Crippen molar-refractivity contribution >= 4 is 10.0 Å². The molecule has 0 aromatic heterocycles. The zero-order valence-electron chi connectivity index (χ0n) is 12.6. The number of likely N-dealkylation sites (N-methyl/N-ethyl adjacent to an activating group) is 1. The molecule has 1 aromatic carbocycles. The van der Waals surface area contributed by atoms with Crippen molar-refractivity contribution in [1.29, 1.82) is 0 Å². The predicted molar refractivity (Wildman–Crippen MR) is 81.9 cm³/mol. The van der Waals surface area contributed by atoms with Crippen molar-refractivity contribution in [3.63, 3.8) is 0 Å².